The number of anilines is 2. The lowest BCUT2D eigenvalue weighted by molar-refractivity contribution is 0.628. The lowest BCUT2D eigenvalue weighted by atomic mass is 10.3. The maximum absolute atomic E-state index is 13.3. The zero-order valence-corrected chi connectivity index (χ0v) is 12.6. The van der Waals surface area contributed by atoms with Crippen LogP contribution < -0.4 is 5.32 Å². The van der Waals surface area contributed by atoms with Gasteiger partial charge in [-0.2, -0.15) is 0 Å². The molecule has 0 aliphatic rings. The molecule has 2 aromatic heterocycles. The van der Waals surface area contributed by atoms with Crippen molar-refractivity contribution in [1.29, 1.82) is 0 Å². The molecule has 110 valence electrons. The second-order valence-electron chi connectivity index (χ2n) is 4.36. The van der Waals surface area contributed by atoms with E-state index in [-0.39, 0.29) is 5.15 Å². The number of hydrogen-bond acceptors (Lipinski definition) is 4. The highest BCUT2D eigenvalue weighted by Gasteiger charge is 2.09. The molecule has 0 unspecified atom stereocenters. The summed E-state index contributed by atoms with van der Waals surface area (Å²) in [7, 11) is 0. The number of nitrogens with zero attached hydrogens (tertiary/aromatic N) is 3. The van der Waals surface area contributed by atoms with Gasteiger partial charge in [0.15, 0.2) is 5.82 Å². The minimum atomic E-state index is -0.406. The quantitative estimate of drug-likeness (QED) is 0.703. The number of pyridine rings is 1. The Morgan fingerprint density at radius 1 is 1.00 bits per heavy atom. The Labute approximate surface area is 136 Å². The first kappa shape index (κ1) is 14.7. The highest BCUT2D eigenvalue weighted by Crippen LogP contribution is 2.27. The van der Waals surface area contributed by atoms with Gasteiger partial charge in [-0.05, 0) is 30.3 Å². The Hall–Kier alpha value is -2.24. The predicted molar refractivity (Wildman–Crippen MR) is 85.0 cm³/mol. The van der Waals surface area contributed by atoms with Crippen LogP contribution in [0.3, 0.4) is 0 Å². The fourth-order valence-corrected chi connectivity index (χ4v) is 2.17. The van der Waals surface area contributed by atoms with Crippen LogP contribution in [0.1, 0.15) is 0 Å². The van der Waals surface area contributed by atoms with E-state index in [1.54, 1.807) is 18.3 Å². The fraction of sp³-hybridized carbons (Fsp3) is 0. The van der Waals surface area contributed by atoms with Crippen LogP contribution in [0.4, 0.5) is 15.9 Å². The van der Waals surface area contributed by atoms with Gasteiger partial charge in [0.1, 0.15) is 22.5 Å². The molecule has 3 rings (SSSR count). The van der Waals surface area contributed by atoms with Crippen molar-refractivity contribution in [2.24, 2.45) is 0 Å². The van der Waals surface area contributed by atoms with Crippen molar-refractivity contribution in [1.82, 2.24) is 15.0 Å². The van der Waals surface area contributed by atoms with Crippen molar-refractivity contribution >= 4 is 34.7 Å². The van der Waals surface area contributed by atoms with Gasteiger partial charge in [0.25, 0.3) is 0 Å². The Kier molecular flexibility index (Phi) is 4.18. The fourth-order valence-electron chi connectivity index (χ4n) is 1.82. The van der Waals surface area contributed by atoms with Crippen LogP contribution in [-0.4, -0.2) is 15.0 Å². The molecular formula is C15H9Cl2FN4. The summed E-state index contributed by atoms with van der Waals surface area (Å²) in [6.07, 6.45) is 1.64. The number of halogens is 3. The van der Waals surface area contributed by atoms with E-state index in [9.17, 15) is 4.39 Å². The molecule has 0 bridgehead atoms. The van der Waals surface area contributed by atoms with Crippen LogP contribution in [0.25, 0.3) is 11.5 Å². The molecule has 0 saturated carbocycles. The molecule has 1 aromatic carbocycles. The first-order chi connectivity index (χ1) is 10.6. The SMILES string of the molecule is Fc1ccc(Cl)c(Nc2cc(Cl)nc(-c3ccccn3)n2)c1. The first-order valence-electron chi connectivity index (χ1n) is 6.30. The van der Waals surface area contributed by atoms with E-state index in [0.29, 0.717) is 28.0 Å². The largest absolute Gasteiger partial charge is 0.339 e. The smallest absolute Gasteiger partial charge is 0.181 e. The zero-order chi connectivity index (χ0) is 15.5. The average molecular weight is 335 g/mol. The van der Waals surface area contributed by atoms with Gasteiger partial charge < -0.3 is 5.32 Å². The molecule has 0 amide bonds. The van der Waals surface area contributed by atoms with Crippen molar-refractivity contribution in [2.75, 3.05) is 5.32 Å². The Morgan fingerprint density at radius 2 is 1.86 bits per heavy atom. The van der Waals surface area contributed by atoms with Gasteiger partial charge >= 0.3 is 0 Å². The van der Waals surface area contributed by atoms with Gasteiger partial charge in [-0.1, -0.05) is 29.3 Å². The van der Waals surface area contributed by atoms with Crippen LogP contribution in [0.2, 0.25) is 10.2 Å². The lowest BCUT2D eigenvalue weighted by Crippen LogP contribution is -1.99. The van der Waals surface area contributed by atoms with Crippen LogP contribution >= 0.6 is 23.2 Å². The van der Waals surface area contributed by atoms with E-state index in [2.05, 4.69) is 20.3 Å². The first-order valence-corrected chi connectivity index (χ1v) is 7.05. The lowest BCUT2D eigenvalue weighted by Gasteiger charge is -2.09. The molecule has 2 heterocycles. The molecule has 0 aliphatic carbocycles. The highest BCUT2D eigenvalue weighted by atomic mass is 35.5. The molecule has 0 spiro atoms. The maximum Gasteiger partial charge on any atom is 0.181 e. The van der Waals surface area contributed by atoms with E-state index < -0.39 is 5.82 Å². The van der Waals surface area contributed by atoms with Crippen molar-refractivity contribution in [3.05, 3.63) is 64.7 Å². The zero-order valence-electron chi connectivity index (χ0n) is 11.1. The maximum atomic E-state index is 13.3. The molecule has 7 heteroatoms. The van der Waals surface area contributed by atoms with Crippen molar-refractivity contribution in [3.8, 4) is 11.5 Å². The number of rotatable bonds is 3. The van der Waals surface area contributed by atoms with Crippen LogP contribution in [0.15, 0.2) is 48.7 Å². The van der Waals surface area contributed by atoms with Gasteiger partial charge in [-0.3, -0.25) is 4.98 Å². The second-order valence-corrected chi connectivity index (χ2v) is 5.16. The Balaban J connectivity index is 1.98. The molecular weight excluding hydrogens is 326 g/mol. The van der Waals surface area contributed by atoms with Crippen molar-refractivity contribution in [2.45, 2.75) is 0 Å². The van der Waals surface area contributed by atoms with E-state index in [1.165, 1.54) is 24.3 Å². The van der Waals surface area contributed by atoms with Crippen molar-refractivity contribution < 1.29 is 4.39 Å². The summed E-state index contributed by atoms with van der Waals surface area (Å²) in [6, 6.07) is 10.9. The summed E-state index contributed by atoms with van der Waals surface area (Å²) in [6.45, 7) is 0. The third kappa shape index (κ3) is 3.32. The normalized spacial score (nSPS) is 10.5. The van der Waals surface area contributed by atoms with Crippen LogP contribution in [0, 0.1) is 5.82 Å². The number of benzene rings is 1. The van der Waals surface area contributed by atoms with Gasteiger partial charge in [0, 0.05) is 12.3 Å². The molecule has 0 fully saturated rings. The van der Waals surface area contributed by atoms with Gasteiger partial charge in [0.2, 0.25) is 0 Å². The molecule has 0 atom stereocenters. The van der Waals surface area contributed by atoms with E-state index in [1.807, 2.05) is 6.07 Å². The van der Waals surface area contributed by atoms with E-state index >= 15 is 0 Å². The van der Waals surface area contributed by atoms with E-state index in [4.69, 9.17) is 23.2 Å². The van der Waals surface area contributed by atoms with Gasteiger partial charge in [-0.25, -0.2) is 14.4 Å². The van der Waals surface area contributed by atoms with Gasteiger partial charge in [0.05, 0.1) is 10.7 Å². The van der Waals surface area contributed by atoms with Crippen molar-refractivity contribution in [3.63, 3.8) is 0 Å². The Morgan fingerprint density at radius 3 is 2.64 bits per heavy atom. The molecule has 4 nitrogen and oxygen atoms in total. The molecule has 0 aliphatic heterocycles. The summed E-state index contributed by atoms with van der Waals surface area (Å²) >= 11 is 12.0. The number of aromatic nitrogens is 3. The molecule has 3 aromatic rings. The minimum Gasteiger partial charge on any atom is -0.339 e. The van der Waals surface area contributed by atoms with Crippen LogP contribution in [0.5, 0.6) is 0 Å². The standard InChI is InChI=1S/C15H9Cl2FN4/c16-10-5-4-9(18)7-12(10)20-14-8-13(17)21-15(22-14)11-3-1-2-6-19-11/h1-8H,(H,20,21,22). The summed E-state index contributed by atoms with van der Waals surface area (Å²) < 4.78 is 13.3. The third-order valence-electron chi connectivity index (χ3n) is 2.78. The molecule has 22 heavy (non-hydrogen) atoms. The molecule has 0 saturated heterocycles. The topological polar surface area (TPSA) is 50.7 Å². The van der Waals surface area contributed by atoms with Gasteiger partial charge in [-0.15, -0.1) is 0 Å². The summed E-state index contributed by atoms with van der Waals surface area (Å²) in [5.41, 5.74) is 0.974. The number of nitrogens with one attached hydrogen (secondary N) is 1. The second kappa shape index (κ2) is 6.25. The Bertz CT molecular complexity index is 812. The van der Waals surface area contributed by atoms with Crippen LogP contribution in [-0.2, 0) is 0 Å². The summed E-state index contributed by atoms with van der Waals surface area (Å²) in [5.74, 6) is 0.355. The molecule has 1 N–H and O–H groups in total. The van der Waals surface area contributed by atoms with E-state index in [0.717, 1.165) is 0 Å². The number of hydrogen-bond donors (Lipinski definition) is 1. The average Bonchev–Trinajstić information content (AvgIpc) is 2.51. The minimum absolute atomic E-state index is 0.241. The monoisotopic (exact) mass is 334 g/mol. The highest BCUT2D eigenvalue weighted by molar-refractivity contribution is 6.33. The third-order valence-corrected chi connectivity index (χ3v) is 3.30. The molecule has 0 radical (unpaired) electrons. The summed E-state index contributed by atoms with van der Waals surface area (Å²) in [5, 5.41) is 3.54. The predicted octanol–water partition coefficient (Wildman–Crippen LogP) is 4.73. The summed E-state index contributed by atoms with van der Waals surface area (Å²) in [4.78, 5) is 12.6.